The maximum atomic E-state index is 5.92. The molecule has 0 saturated heterocycles. The SMILES string of the molecule is Nc1cccc(Cc2nccn3c(-c4ccc5ccccc5c4)ccc23)c1. The number of nitrogen functional groups attached to an aromatic ring is 1. The van der Waals surface area contributed by atoms with Crippen molar-refractivity contribution in [2.24, 2.45) is 0 Å². The van der Waals surface area contributed by atoms with Crippen molar-refractivity contribution in [3.63, 3.8) is 0 Å². The van der Waals surface area contributed by atoms with Gasteiger partial charge in [0.15, 0.2) is 0 Å². The first-order valence-corrected chi connectivity index (χ1v) is 9.06. The lowest BCUT2D eigenvalue weighted by molar-refractivity contribution is 1.03. The summed E-state index contributed by atoms with van der Waals surface area (Å²) in [6, 6.07) is 27.4. The topological polar surface area (TPSA) is 43.3 Å². The van der Waals surface area contributed by atoms with Gasteiger partial charge in [-0.2, -0.15) is 0 Å². The fourth-order valence-corrected chi connectivity index (χ4v) is 3.72. The molecular formula is C24H19N3. The van der Waals surface area contributed by atoms with Crippen LogP contribution in [0.5, 0.6) is 0 Å². The summed E-state index contributed by atoms with van der Waals surface area (Å²) >= 11 is 0. The summed E-state index contributed by atoms with van der Waals surface area (Å²) in [5.74, 6) is 0. The molecule has 0 aliphatic rings. The van der Waals surface area contributed by atoms with Gasteiger partial charge in [0.25, 0.3) is 0 Å². The van der Waals surface area contributed by atoms with Crippen LogP contribution in [-0.4, -0.2) is 9.38 Å². The standard InChI is InChI=1S/C24H19N3/c25-21-7-3-4-17(14-21)15-22-24-11-10-23(27(24)13-12-26-22)20-9-8-18-5-1-2-6-19(18)16-20/h1-14,16H,15,25H2. The van der Waals surface area contributed by atoms with Crippen LogP contribution in [0.1, 0.15) is 11.3 Å². The third-order valence-corrected chi connectivity index (χ3v) is 5.03. The number of aromatic nitrogens is 2. The van der Waals surface area contributed by atoms with E-state index >= 15 is 0 Å². The minimum atomic E-state index is 0.760. The highest BCUT2D eigenvalue weighted by atomic mass is 14.9. The molecule has 5 rings (SSSR count). The van der Waals surface area contributed by atoms with Gasteiger partial charge in [-0.05, 0) is 52.2 Å². The second-order valence-electron chi connectivity index (χ2n) is 6.83. The third kappa shape index (κ3) is 2.83. The van der Waals surface area contributed by atoms with Crippen molar-refractivity contribution in [1.82, 2.24) is 9.38 Å². The summed E-state index contributed by atoms with van der Waals surface area (Å²) in [5, 5.41) is 2.50. The Morgan fingerprint density at radius 3 is 2.59 bits per heavy atom. The van der Waals surface area contributed by atoms with Crippen LogP contribution in [0.2, 0.25) is 0 Å². The van der Waals surface area contributed by atoms with Gasteiger partial charge in [-0.3, -0.25) is 4.98 Å². The molecule has 0 saturated carbocycles. The number of fused-ring (bicyclic) bond motifs is 2. The first kappa shape index (κ1) is 15.6. The number of hydrogen-bond acceptors (Lipinski definition) is 2. The molecule has 130 valence electrons. The molecule has 27 heavy (non-hydrogen) atoms. The van der Waals surface area contributed by atoms with E-state index in [1.807, 2.05) is 30.6 Å². The molecule has 0 radical (unpaired) electrons. The van der Waals surface area contributed by atoms with E-state index in [2.05, 4.69) is 70.0 Å². The lowest BCUT2D eigenvalue weighted by atomic mass is 10.1. The van der Waals surface area contributed by atoms with Gasteiger partial charge in [-0.15, -0.1) is 0 Å². The maximum absolute atomic E-state index is 5.92. The van der Waals surface area contributed by atoms with Crippen LogP contribution in [0, 0.1) is 0 Å². The Morgan fingerprint density at radius 1 is 0.815 bits per heavy atom. The van der Waals surface area contributed by atoms with E-state index in [1.54, 1.807) is 0 Å². The Hall–Kier alpha value is -3.59. The predicted molar refractivity (Wildman–Crippen MR) is 112 cm³/mol. The second-order valence-corrected chi connectivity index (χ2v) is 6.83. The zero-order valence-corrected chi connectivity index (χ0v) is 14.8. The molecule has 3 aromatic carbocycles. The molecule has 3 nitrogen and oxygen atoms in total. The normalized spacial score (nSPS) is 11.3. The van der Waals surface area contributed by atoms with E-state index in [9.17, 15) is 0 Å². The first-order chi connectivity index (χ1) is 13.3. The summed E-state index contributed by atoms with van der Waals surface area (Å²) < 4.78 is 2.22. The second kappa shape index (κ2) is 6.29. The molecule has 5 aromatic rings. The summed E-state index contributed by atoms with van der Waals surface area (Å²) in [6.07, 6.45) is 4.67. The largest absolute Gasteiger partial charge is 0.399 e. The Balaban J connectivity index is 1.60. The molecule has 0 aliphatic carbocycles. The minimum Gasteiger partial charge on any atom is -0.399 e. The predicted octanol–water partition coefficient (Wildman–Crippen LogP) is 5.33. The van der Waals surface area contributed by atoms with Crippen molar-refractivity contribution < 1.29 is 0 Å². The molecule has 0 amide bonds. The van der Waals surface area contributed by atoms with Crippen LogP contribution in [-0.2, 0) is 6.42 Å². The summed E-state index contributed by atoms with van der Waals surface area (Å²) in [4.78, 5) is 4.63. The van der Waals surface area contributed by atoms with E-state index in [1.165, 1.54) is 27.6 Å². The number of rotatable bonds is 3. The molecule has 2 heterocycles. The summed E-state index contributed by atoms with van der Waals surface area (Å²) in [5.41, 5.74) is 12.4. The van der Waals surface area contributed by atoms with Gasteiger partial charge in [0, 0.05) is 24.5 Å². The average molecular weight is 349 g/mol. The molecule has 3 heteroatoms. The van der Waals surface area contributed by atoms with Gasteiger partial charge < -0.3 is 10.1 Å². The molecule has 0 fully saturated rings. The molecule has 0 bridgehead atoms. The molecular weight excluding hydrogens is 330 g/mol. The first-order valence-electron chi connectivity index (χ1n) is 9.06. The van der Waals surface area contributed by atoms with E-state index in [0.29, 0.717) is 0 Å². The van der Waals surface area contributed by atoms with Gasteiger partial charge >= 0.3 is 0 Å². The lowest BCUT2D eigenvalue weighted by Gasteiger charge is -2.08. The number of benzene rings is 3. The molecule has 0 spiro atoms. The highest BCUT2D eigenvalue weighted by molar-refractivity contribution is 5.87. The van der Waals surface area contributed by atoms with Gasteiger partial charge in [0.1, 0.15) is 0 Å². The average Bonchev–Trinajstić information content (AvgIpc) is 3.13. The van der Waals surface area contributed by atoms with Gasteiger partial charge in [0.2, 0.25) is 0 Å². The maximum Gasteiger partial charge on any atom is 0.0688 e. The number of nitrogens with two attached hydrogens (primary N) is 1. The number of anilines is 1. The van der Waals surface area contributed by atoms with E-state index in [-0.39, 0.29) is 0 Å². The molecule has 0 atom stereocenters. The summed E-state index contributed by atoms with van der Waals surface area (Å²) in [7, 11) is 0. The van der Waals surface area contributed by atoms with Gasteiger partial charge in [0.05, 0.1) is 16.9 Å². The third-order valence-electron chi connectivity index (χ3n) is 5.03. The van der Waals surface area contributed by atoms with Crippen LogP contribution in [0.4, 0.5) is 5.69 Å². The minimum absolute atomic E-state index is 0.760. The zero-order valence-electron chi connectivity index (χ0n) is 14.8. The zero-order chi connectivity index (χ0) is 18.2. The number of nitrogens with zero attached hydrogens (tertiary/aromatic N) is 2. The smallest absolute Gasteiger partial charge is 0.0688 e. The molecule has 2 N–H and O–H groups in total. The monoisotopic (exact) mass is 349 g/mol. The van der Waals surface area contributed by atoms with Crippen molar-refractivity contribution in [2.75, 3.05) is 5.73 Å². The fourth-order valence-electron chi connectivity index (χ4n) is 3.72. The quantitative estimate of drug-likeness (QED) is 0.448. The van der Waals surface area contributed by atoms with E-state index in [0.717, 1.165) is 23.3 Å². The van der Waals surface area contributed by atoms with Crippen LogP contribution in [0.15, 0.2) is 91.3 Å². The molecule has 0 aliphatic heterocycles. The van der Waals surface area contributed by atoms with E-state index < -0.39 is 0 Å². The summed E-state index contributed by atoms with van der Waals surface area (Å²) in [6.45, 7) is 0. The van der Waals surface area contributed by atoms with Crippen molar-refractivity contribution in [3.8, 4) is 11.3 Å². The molecule has 2 aromatic heterocycles. The number of hydrogen-bond donors (Lipinski definition) is 1. The van der Waals surface area contributed by atoms with Crippen molar-refractivity contribution >= 4 is 22.0 Å². The highest BCUT2D eigenvalue weighted by Crippen LogP contribution is 2.27. The Kier molecular flexibility index (Phi) is 3.65. The van der Waals surface area contributed by atoms with Gasteiger partial charge in [-0.1, -0.05) is 48.5 Å². The highest BCUT2D eigenvalue weighted by Gasteiger charge is 2.10. The van der Waals surface area contributed by atoms with Crippen molar-refractivity contribution in [3.05, 3.63) is 103 Å². The fraction of sp³-hybridized carbons (Fsp3) is 0.0417. The Bertz CT molecular complexity index is 1270. The van der Waals surface area contributed by atoms with Crippen LogP contribution in [0.25, 0.3) is 27.5 Å². The molecule has 0 unspecified atom stereocenters. The van der Waals surface area contributed by atoms with Gasteiger partial charge in [-0.25, -0.2) is 0 Å². The van der Waals surface area contributed by atoms with Crippen molar-refractivity contribution in [2.45, 2.75) is 6.42 Å². The van der Waals surface area contributed by atoms with E-state index in [4.69, 9.17) is 5.73 Å². The Morgan fingerprint density at radius 2 is 1.70 bits per heavy atom. The van der Waals surface area contributed by atoms with Crippen molar-refractivity contribution in [1.29, 1.82) is 0 Å². The lowest BCUT2D eigenvalue weighted by Crippen LogP contribution is -1.98. The van der Waals surface area contributed by atoms with Crippen LogP contribution in [0.3, 0.4) is 0 Å². The van der Waals surface area contributed by atoms with Crippen LogP contribution >= 0.6 is 0 Å². The Labute approximate surface area is 157 Å². The van der Waals surface area contributed by atoms with Crippen LogP contribution < -0.4 is 5.73 Å².